The van der Waals surface area contributed by atoms with E-state index in [4.69, 9.17) is 15.3 Å². The second-order valence-corrected chi connectivity index (χ2v) is 3.00. The van der Waals surface area contributed by atoms with Crippen LogP contribution in [0.25, 0.3) is 0 Å². The van der Waals surface area contributed by atoms with Crippen molar-refractivity contribution in [3.05, 3.63) is 0 Å². The molecule has 4 nitrogen and oxygen atoms in total. The molecule has 0 aliphatic heterocycles. The Morgan fingerprint density at radius 2 is 1.15 bits per heavy atom. The number of aliphatic hydroxyl groups is 3. The Morgan fingerprint density at radius 1 is 0.846 bits per heavy atom. The summed E-state index contributed by atoms with van der Waals surface area (Å²) in [6.45, 7) is 4.98. The van der Waals surface area contributed by atoms with Gasteiger partial charge in [-0.05, 0) is 6.92 Å². The summed E-state index contributed by atoms with van der Waals surface area (Å²) >= 11 is 0. The third-order valence-corrected chi connectivity index (χ3v) is 2.39. The summed E-state index contributed by atoms with van der Waals surface area (Å²) in [5, 5.41) is 26.4. The molecule has 0 aromatic rings. The summed E-state index contributed by atoms with van der Waals surface area (Å²) in [6, 6.07) is 0. The average molecular weight is 258 g/mol. The molecule has 0 aromatic heterocycles. The molecule has 0 saturated heterocycles. The van der Waals surface area contributed by atoms with Gasteiger partial charge in [-0.1, -0.05) is 0 Å². The van der Waals surface area contributed by atoms with E-state index in [1.807, 2.05) is 6.92 Å². The molecular formula is C8H20BrNO3. The lowest BCUT2D eigenvalue weighted by Crippen LogP contribution is -3.00. The van der Waals surface area contributed by atoms with Gasteiger partial charge in [0.15, 0.2) is 0 Å². The Morgan fingerprint density at radius 3 is 1.31 bits per heavy atom. The fourth-order valence-corrected chi connectivity index (χ4v) is 1.45. The van der Waals surface area contributed by atoms with Gasteiger partial charge in [0.1, 0.15) is 19.6 Å². The van der Waals surface area contributed by atoms with E-state index >= 15 is 0 Å². The fraction of sp³-hybridized carbons (Fsp3) is 1.00. The predicted molar refractivity (Wildman–Crippen MR) is 46.7 cm³/mol. The van der Waals surface area contributed by atoms with Gasteiger partial charge in [-0.15, -0.1) is 0 Å². The molecule has 0 aromatic carbocycles. The number of rotatable bonds is 7. The first kappa shape index (κ1) is 15.8. The SMILES string of the molecule is CC[N+](CCO)(CCO)CCO.[Br-]. The Hall–Kier alpha value is 0.320. The smallest absolute Gasteiger partial charge is 0.102 e. The van der Waals surface area contributed by atoms with Crippen LogP contribution in [-0.4, -0.2) is 65.8 Å². The molecule has 82 valence electrons. The van der Waals surface area contributed by atoms with Crippen LogP contribution in [-0.2, 0) is 0 Å². The molecule has 0 aliphatic rings. The van der Waals surface area contributed by atoms with Crippen LogP contribution < -0.4 is 17.0 Å². The molecule has 0 heterocycles. The van der Waals surface area contributed by atoms with Crippen LogP contribution in [0.1, 0.15) is 6.92 Å². The number of hydrogen-bond donors (Lipinski definition) is 3. The summed E-state index contributed by atoms with van der Waals surface area (Å²) in [5.41, 5.74) is 0. The summed E-state index contributed by atoms with van der Waals surface area (Å²) < 4.78 is 0.601. The van der Waals surface area contributed by atoms with E-state index in [0.29, 0.717) is 24.1 Å². The molecule has 0 aliphatic carbocycles. The maximum Gasteiger partial charge on any atom is 0.102 e. The maximum atomic E-state index is 8.81. The standard InChI is InChI=1S/C8H20NO3.BrH/c1-2-9(3-6-10,4-7-11)5-8-12;/h10-12H,2-8H2,1H3;1H/q+1;/p-1. The minimum absolute atomic E-state index is 0. The number of likely N-dealkylation sites (N-methyl/N-ethyl adjacent to an activating group) is 1. The van der Waals surface area contributed by atoms with Crippen LogP contribution in [0.5, 0.6) is 0 Å². The lowest BCUT2D eigenvalue weighted by atomic mass is 10.3. The quantitative estimate of drug-likeness (QED) is 0.406. The van der Waals surface area contributed by atoms with Crippen LogP contribution in [0.2, 0.25) is 0 Å². The summed E-state index contributed by atoms with van der Waals surface area (Å²) in [6.07, 6.45) is 0. The molecular weight excluding hydrogens is 238 g/mol. The third-order valence-electron chi connectivity index (χ3n) is 2.39. The van der Waals surface area contributed by atoms with Crippen molar-refractivity contribution in [2.75, 3.05) is 46.0 Å². The third kappa shape index (κ3) is 5.59. The molecule has 0 spiro atoms. The lowest BCUT2D eigenvalue weighted by molar-refractivity contribution is -0.927. The van der Waals surface area contributed by atoms with E-state index in [1.165, 1.54) is 0 Å². The van der Waals surface area contributed by atoms with Gasteiger partial charge >= 0.3 is 0 Å². The highest BCUT2D eigenvalue weighted by Gasteiger charge is 2.22. The first-order chi connectivity index (χ1) is 5.74. The van der Waals surface area contributed by atoms with Crippen molar-refractivity contribution in [1.82, 2.24) is 0 Å². The highest BCUT2D eigenvalue weighted by atomic mass is 79.9. The monoisotopic (exact) mass is 257 g/mol. The second-order valence-electron chi connectivity index (χ2n) is 3.00. The Kier molecular flexibility index (Phi) is 10.8. The molecule has 0 fully saturated rings. The Bertz CT molecular complexity index is 96.5. The van der Waals surface area contributed by atoms with Crippen molar-refractivity contribution in [3.63, 3.8) is 0 Å². The van der Waals surface area contributed by atoms with E-state index in [2.05, 4.69) is 0 Å². The van der Waals surface area contributed by atoms with Gasteiger partial charge in [0.2, 0.25) is 0 Å². The van der Waals surface area contributed by atoms with Crippen molar-refractivity contribution in [1.29, 1.82) is 0 Å². The van der Waals surface area contributed by atoms with Crippen LogP contribution in [0.3, 0.4) is 0 Å². The average Bonchev–Trinajstić information content (AvgIpc) is 2.06. The zero-order chi connectivity index (χ0) is 9.45. The second kappa shape index (κ2) is 8.90. The molecule has 0 rings (SSSR count). The predicted octanol–water partition coefficient (Wildman–Crippen LogP) is -4.20. The van der Waals surface area contributed by atoms with E-state index in [9.17, 15) is 0 Å². The van der Waals surface area contributed by atoms with Crippen molar-refractivity contribution in [3.8, 4) is 0 Å². The van der Waals surface area contributed by atoms with Crippen LogP contribution in [0.15, 0.2) is 0 Å². The van der Waals surface area contributed by atoms with E-state index in [0.717, 1.165) is 6.54 Å². The Balaban J connectivity index is 0. The Labute approximate surface area is 90.2 Å². The summed E-state index contributed by atoms with van der Waals surface area (Å²) in [4.78, 5) is 0. The van der Waals surface area contributed by atoms with Gasteiger partial charge in [0, 0.05) is 0 Å². The zero-order valence-electron chi connectivity index (χ0n) is 8.12. The first-order valence-electron chi connectivity index (χ1n) is 4.42. The highest BCUT2D eigenvalue weighted by molar-refractivity contribution is 4.41. The van der Waals surface area contributed by atoms with Crippen LogP contribution in [0.4, 0.5) is 0 Å². The molecule has 0 unspecified atom stereocenters. The van der Waals surface area contributed by atoms with Crippen molar-refractivity contribution < 1.29 is 36.8 Å². The number of hydrogen-bond acceptors (Lipinski definition) is 3. The largest absolute Gasteiger partial charge is 1.00 e. The van der Waals surface area contributed by atoms with Gasteiger partial charge in [-0.25, -0.2) is 0 Å². The highest BCUT2D eigenvalue weighted by Crippen LogP contribution is 2.04. The molecule has 5 heteroatoms. The van der Waals surface area contributed by atoms with Gasteiger partial charge < -0.3 is 36.8 Å². The molecule has 13 heavy (non-hydrogen) atoms. The van der Waals surface area contributed by atoms with Crippen molar-refractivity contribution in [2.45, 2.75) is 6.92 Å². The number of quaternary nitrogens is 1. The van der Waals surface area contributed by atoms with E-state index in [1.54, 1.807) is 0 Å². The van der Waals surface area contributed by atoms with Crippen molar-refractivity contribution >= 4 is 0 Å². The summed E-state index contributed by atoms with van der Waals surface area (Å²) in [5.74, 6) is 0. The number of nitrogens with zero attached hydrogens (tertiary/aromatic N) is 1. The number of halogens is 1. The van der Waals surface area contributed by atoms with E-state index < -0.39 is 0 Å². The van der Waals surface area contributed by atoms with Crippen LogP contribution in [0, 0.1) is 0 Å². The van der Waals surface area contributed by atoms with Gasteiger partial charge in [0.25, 0.3) is 0 Å². The van der Waals surface area contributed by atoms with Crippen molar-refractivity contribution in [2.24, 2.45) is 0 Å². The molecule has 3 N–H and O–H groups in total. The lowest BCUT2D eigenvalue weighted by Gasteiger charge is -2.36. The molecule has 0 amide bonds. The van der Waals surface area contributed by atoms with Gasteiger partial charge in [-0.2, -0.15) is 0 Å². The maximum absolute atomic E-state index is 8.81. The minimum Gasteiger partial charge on any atom is -1.00 e. The molecule has 0 bridgehead atoms. The summed E-state index contributed by atoms with van der Waals surface area (Å²) in [7, 11) is 0. The van der Waals surface area contributed by atoms with Gasteiger partial charge in [0.05, 0.1) is 26.4 Å². The molecule has 0 radical (unpaired) electrons. The topological polar surface area (TPSA) is 60.7 Å². The normalized spacial score (nSPS) is 11.1. The van der Waals surface area contributed by atoms with Crippen LogP contribution >= 0.6 is 0 Å². The molecule has 0 saturated carbocycles. The minimum atomic E-state index is 0. The fourth-order valence-electron chi connectivity index (χ4n) is 1.45. The zero-order valence-corrected chi connectivity index (χ0v) is 9.70. The van der Waals surface area contributed by atoms with Gasteiger partial charge in [-0.3, -0.25) is 0 Å². The molecule has 0 atom stereocenters. The number of aliphatic hydroxyl groups excluding tert-OH is 3. The first-order valence-corrected chi connectivity index (χ1v) is 4.42. The van der Waals surface area contributed by atoms with E-state index in [-0.39, 0.29) is 36.8 Å².